The van der Waals surface area contributed by atoms with Crippen LogP contribution in [-0.4, -0.2) is 37.5 Å². The molecule has 9 heteroatoms. The number of anilines is 1. The smallest absolute Gasteiger partial charge is 0.272 e. The maximum absolute atomic E-state index is 13.3. The van der Waals surface area contributed by atoms with E-state index in [1.807, 2.05) is 30.3 Å². The van der Waals surface area contributed by atoms with Gasteiger partial charge in [0.25, 0.3) is 5.91 Å². The Hall–Kier alpha value is -3.33. The second-order valence-electron chi connectivity index (χ2n) is 7.12. The molecule has 0 unspecified atom stereocenters. The lowest BCUT2D eigenvalue weighted by molar-refractivity contribution is 0.100. The quantitative estimate of drug-likeness (QED) is 0.557. The lowest BCUT2D eigenvalue weighted by Crippen LogP contribution is -2.37. The van der Waals surface area contributed by atoms with E-state index in [-0.39, 0.29) is 17.9 Å². The topological polar surface area (TPSA) is 90.7 Å². The fraction of sp³-hybridized carbons (Fsp3) is 0.273. The summed E-state index contributed by atoms with van der Waals surface area (Å²) in [5.41, 5.74) is 2.34. The molecule has 0 atom stereocenters. The third-order valence-corrected chi connectivity index (χ3v) is 5.85. The number of rotatable bonds is 7. The zero-order chi connectivity index (χ0) is 22.8. The molecule has 3 aromatic rings. The van der Waals surface area contributed by atoms with Crippen molar-refractivity contribution >= 4 is 21.6 Å². The van der Waals surface area contributed by atoms with Gasteiger partial charge < -0.3 is 9.47 Å². The summed E-state index contributed by atoms with van der Waals surface area (Å²) in [5.74, 6) is 0.0753. The van der Waals surface area contributed by atoms with Gasteiger partial charge in [-0.2, -0.15) is 9.40 Å². The summed E-state index contributed by atoms with van der Waals surface area (Å²) in [6.07, 6.45) is 0.993. The van der Waals surface area contributed by atoms with Crippen molar-refractivity contribution in [3.05, 3.63) is 71.0 Å². The van der Waals surface area contributed by atoms with Crippen molar-refractivity contribution in [1.29, 1.82) is 0 Å². The standard InChI is InChI=1S/C22H25N3O5S/c1-15-21(16(2)24(3)23-15)25(31(5,27)28)22(26)18-11-12-19(29-4)20(13-18)30-14-17-9-7-6-8-10-17/h6-13H,14H2,1-5H3. The van der Waals surface area contributed by atoms with Crippen LogP contribution >= 0.6 is 0 Å². The normalized spacial score (nSPS) is 11.3. The number of nitrogens with zero attached hydrogens (tertiary/aromatic N) is 3. The van der Waals surface area contributed by atoms with E-state index in [9.17, 15) is 13.2 Å². The number of sulfonamides is 1. The van der Waals surface area contributed by atoms with Crippen LogP contribution in [-0.2, 0) is 23.7 Å². The maximum Gasteiger partial charge on any atom is 0.272 e. The molecule has 8 nitrogen and oxygen atoms in total. The Bertz CT molecular complexity index is 1200. The highest BCUT2D eigenvalue weighted by molar-refractivity contribution is 7.92. The molecule has 0 aliphatic rings. The molecule has 1 amide bonds. The van der Waals surface area contributed by atoms with Crippen molar-refractivity contribution in [2.24, 2.45) is 7.05 Å². The highest BCUT2D eigenvalue weighted by Crippen LogP contribution is 2.32. The Labute approximate surface area is 182 Å². The van der Waals surface area contributed by atoms with Gasteiger partial charge in [0.05, 0.1) is 24.8 Å². The van der Waals surface area contributed by atoms with E-state index in [4.69, 9.17) is 9.47 Å². The predicted octanol–water partition coefficient (Wildman–Crippen LogP) is 3.23. The van der Waals surface area contributed by atoms with Crippen LogP contribution < -0.4 is 13.8 Å². The molecule has 0 saturated carbocycles. The highest BCUT2D eigenvalue weighted by atomic mass is 32.2. The van der Waals surface area contributed by atoms with Crippen LogP contribution in [0.25, 0.3) is 0 Å². The van der Waals surface area contributed by atoms with Crippen LogP contribution in [0.2, 0.25) is 0 Å². The third-order valence-electron chi connectivity index (χ3n) is 4.84. The Kier molecular flexibility index (Phi) is 6.35. The van der Waals surface area contributed by atoms with E-state index in [2.05, 4.69) is 5.10 Å². The number of aryl methyl sites for hydroxylation is 2. The van der Waals surface area contributed by atoms with Gasteiger partial charge in [-0.3, -0.25) is 9.48 Å². The van der Waals surface area contributed by atoms with Crippen LogP contribution in [0.3, 0.4) is 0 Å². The number of benzene rings is 2. The van der Waals surface area contributed by atoms with Gasteiger partial charge in [-0.15, -0.1) is 0 Å². The number of aromatic nitrogens is 2. The molecule has 2 aromatic carbocycles. The second-order valence-corrected chi connectivity index (χ2v) is 8.95. The number of ether oxygens (including phenoxy) is 2. The van der Waals surface area contributed by atoms with E-state index in [0.717, 1.165) is 16.1 Å². The summed E-state index contributed by atoms with van der Waals surface area (Å²) in [6.45, 7) is 3.64. The minimum atomic E-state index is -3.92. The lowest BCUT2D eigenvalue weighted by Gasteiger charge is -2.21. The van der Waals surface area contributed by atoms with Gasteiger partial charge in [-0.05, 0) is 37.6 Å². The Morgan fingerprint density at radius 3 is 2.32 bits per heavy atom. The number of hydrogen-bond donors (Lipinski definition) is 0. The lowest BCUT2D eigenvalue weighted by atomic mass is 10.1. The average molecular weight is 444 g/mol. The van der Waals surface area contributed by atoms with Gasteiger partial charge in [0.2, 0.25) is 10.0 Å². The largest absolute Gasteiger partial charge is 0.493 e. The monoisotopic (exact) mass is 443 g/mol. The average Bonchev–Trinajstić information content (AvgIpc) is 2.98. The first kappa shape index (κ1) is 22.4. The first-order chi connectivity index (χ1) is 14.6. The molecular weight excluding hydrogens is 418 g/mol. The summed E-state index contributed by atoms with van der Waals surface area (Å²) in [6, 6.07) is 14.1. The SMILES string of the molecule is COc1ccc(C(=O)N(c2c(C)nn(C)c2C)S(C)(=O)=O)cc1OCc1ccccc1. The van der Waals surface area contributed by atoms with Gasteiger partial charge in [-0.1, -0.05) is 30.3 Å². The molecule has 0 spiro atoms. The number of carbonyl (C=O) groups excluding carboxylic acids is 1. The van der Waals surface area contributed by atoms with Crippen LogP contribution in [0.1, 0.15) is 27.3 Å². The van der Waals surface area contributed by atoms with Gasteiger partial charge in [0, 0.05) is 12.6 Å². The van der Waals surface area contributed by atoms with Gasteiger partial charge in [-0.25, -0.2) is 8.42 Å². The van der Waals surface area contributed by atoms with Crippen molar-refractivity contribution in [2.45, 2.75) is 20.5 Å². The zero-order valence-electron chi connectivity index (χ0n) is 18.1. The molecule has 0 saturated heterocycles. The van der Waals surface area contributed by atoms with E-state index >= 15 is 0 Å². The van der Waals surface area contributed by atoms with Crippen molar-refractivity contribution in [3.8, 4) is 11.5 Å². The minimum Gasteiger partial charge on any atom is -0.493 e. The first-order valence-electron chi connectivity index (χ1n) is 9.53. The molecule has 0 fully saturated rings. The molecule has 1 aromatic heterocycles. The van der Waals surface area contributed by atoms with Crippen LogP contribution in [0.15, 0.2) is 48.5 Å². The summed E-state index contributed by atoms with van der Waals surface area (Å²) in [5, 5.41) is 4.24. The van der Waals surface area contributed by atoms with Crippen LogP contribution in [0, 0.1) is 13.8 Å². The Balaban J connectivity index is 2.00. The Morgan fingerprint density at radius 1 is 1.10 bits per heavy atom. The van der Waals surface area contributed by atoms with Gasteiger partial charge in [0.1, 0.15) is 12.3 Å². The molecule has 0 bridgehead atoms. The number of methoxy groups -OCH3 is 1. The first-order valence-corrected chi connectivity index (χ1v) is 11.4. The van der Waals surface area contributed by atoms with Crippen molar-refractivity contribution in [1.82, 2.24) is 9.78 Å². The van der Waals surface area contributed by atoms with Crippen molar-refractivity contribution in [3.63, 3.8) is 0 Å². The predicted molar refractivity (Wildman–Crippen MR) is 118 cm³/mol. The molecule has 164 valence electrons. The number of carbonyl (C=O) groups is 1. The Morgan fingerprint density at radius 2 is 1.77 bits per heavy atom. The molecule has 0 aliphatic heterocycles. The molecule has 1 heterocycles. The van der Waals surface area contributed by atoms with E-state index in [1.165, 1.54) is 19.2 Å². The number of hydrogen-bond acceptors (Lipinski definition) is 6. The van der Waals surface area contributed by atoms with Gasteiger partial charge in [0.15, 0.2) is 11.5 Å². The molecule has 31 heavy (non-hydrogen) atoms. The molecular formula is C22H25N3O5S. The molecule has 3 rings (SSSR count). The van der Waals surface area contributed by atoms with E-state index < -0.39 is 15.9 Å². The fourth-order valence-corrected chi connectivity index (χ4v) is 4.25. The van der Waals surface area contributed by atoms with E-state index in [0.29, 0.717) is 22.9 Å². The molecule has 0 radical (unpaired) electrons. The van der Waals surface area contributed by atoms with Gasteiger partial charge >= 0.3 is 0 Å². The highest BCUT2D eigenvalue weighted by Gasteiger charge is 2.32. The molecule has 0 aliphatic carbocycles. The minimum absolute atomic E-state index is 0.150. The van der Waals surface area contributed by atoms with Crippen LogP contribution in [0.5, 0.6) is 11.5 Å². The van der Waals surface area contributed by atoms with Crippen LogP contribution in [0.4, 0.5) is 5.69 Å². The van der Waals surface area contributed by atoms with E-state index in [1.54, 1.807) is 31.6 Å². The third kappa shape index (κ3) is 4.72. The number of amides is 1. The van der Waals surface area contributed by atoms with Crippen molar-refractivity contribution < 1.29 is 22.7 Å². The summed E-state index contributed by atoms with van der Waals surface area (Å²) in [4.78, 5) is 13.3. The van der Waals surface area contributed by atoms with Crippen molar-refractivity contribution in [2.75, 3.05) is 17.7 Å². The summed E-state index contributed by atoms with van der Waals surface area (Å²) in [7, 11) is -0.731. The summed E-state index contributed by atoms with van der Waals surface area (Å²) < 4.78 is 38.7. The zero-order valence-corrected chi connectivity index (χ0v) is 18.9. The maximum atomic E-state index is 13.3. The summed E-state index contributed by atoms with van der Waals surface area (Å²) >= 11 is 0. The second kappa shape index (κ2) is 8.81. The molecule has 0 N–H and O–H groups in total. The fourth-order valence-electron chi connectivity index (χ4n) is 3.25.